The topological polar surface area (TPSA) is 66.4 Å². The van der Waals surface area contributed by atoms with Crippen molar-refractivity contribution in [2.75, 3.05) is 0 Å². The fourth-order valence-corrected chi connectivity index (χ4v) is 2.15. The molecule has 0 radical (unpaired) electrons. The fourth-order valence-electron chi connectivity index (χ4n) is 1.01. The van der Waals surface area contributed by atoms with E-state index in [9.17, 15) is 9.59 Å². The largest absolute Gasteiger partial charge is 0.480 e. The number of hydrogen-bond acceptors (Lipinski definition) is 3. The quantitative estimate of drug-likeness (QED) is 0.893. The number of nitrogens with one attached hydrogen (secondary N) is 1. The second kappa shape index (κ2) is 5.27. The van der Waals surface area contributed by atoms with Crippen LogP contribution < -0.4 is 5.32 Å². The summed E-state index contributed by atoms with van der Waals surface area (Å²) in [4.78, 5) is 22.2. The molecule has 1 heterocycles. The predicted octanol–water partition coefficient (Wildman–Crippen LogP) is 2.10. The van der Waals surface area contributed by atoms with E-state index >= 15 is 0 Å². The standard InChI is InChI=1S/C9H10BrNO3S/c1-2-6(9(13)14)11-8(12)5-3-7(10)15-4-5/h3-4,6H,2H2,1H3,(H,11,12)(H,13,14). The first-order valence-corrected chi connectivity index (χ1v) is 5.99. The third-order valence-corrected chi connectivity index (χ3v) is 3.35. The summed E-state index contributed by atoms with van der Waals surface area (Å²) in [6.45, 7) is 1.71. The highest BCUT2D eigenvalue weighted by atomic mass is 79.9. The molecule has 4 nitrogen and oxygen atoms in total. The molecule has 0 spiro atoms. The van der Waals surface area contributed by atoms with Crippen molar-refractivity contribution in [3.05, 3.63) is 20.8 Å². The Morgan fingerprint density at radius 3 is 2.73 bits per heavy atom. The molecule has 82 valence electrons. The van der Waals surface area contributed by atoms with E-state index in [1.807, 2.05) is 0 Å². The van der Waals surface area contributed by atoms with Crippen molar-refractivity contribution in [3.63, 3.8) is 0 Å². The van der Waals surface area contributed by atoms with Crippen LogP contribution in [0.3, 0.4) is 0 Å². The molecule has 0 aliphatic rings. The number of carbonyl (C=O) groups excluding carboxylic acids is 1. The van der Waals surface area contributed by atoms with Crippen molar-refractivity contribution >= 4 is 39.1 Å². The zero-order chi connectivity index (χ0) is 11.4. The van der Waals surface area contributed by atoms with E-state index < -0.39 is 12.0 Å². The highest BCUT2D eigenvalue weighted by Crippen LogP contribution is 2.20. The smallest absolute Gasteiger partial charge is 0.326 e. The Hall–Kier alpha value is -0.880. The Kier molecular flexibility index (Phi) is 4.28. The Morgan fingerprint density at radius 2 is 2.33 bits per heavy atom. The highest BCUT2D eigenvalue weighted by molar-refractivity contribution is 9.11. The number of rotatable bonds is 4. The van der Waals surface area contributed by atoms with Crippen LogP contribution in [0, 0.1) is 0 Å². The molecule has 1 aromatic heterocycles. The van der Waals surface area contributed by atoms with E-state index in [0.29, 0.717) is 12.0 Å². The maximum absolute atomic E-state index is 11.5. The van der Waals surface area contributed by atoms with Gasteiger partial charge in [0, 0.05) is 5.38 Å². The number of aliphatic carboxylic acids is 1. The number of hydrogen-bond donors (Lipinski definition) is 2. The maximum atomic E-state index is 11.5. The van der Waals surface area contributed by atoms with E-state index in [0.717, 1.165) is 3.79 Å². The SMILES string of the molecule is CCC(NC(=O)c1csc(Br)c1)C(=O)O. The van der Waals surface area contributed by atoms with E-state index in [2.05, 4.69) is 21.2 Å². The molecule has 1 aromatic rings. The van der Waals surface area contributed by atoms with Crippen LogP contribution in [0.5, 0.6) is 0 Å². The van der Waals surface area contributed by atoms with E-state index in [-0.39, 0.29) is 5.91 Å². The summed E-state index contributed by atoms with van der Waals surface area (Å²) in [5, 5.41) is 12.9. The van der Waals surface area contributed by atoms with Gasteiger partial charge in [0.05, 0.1) is 9.35 Å². The van der Waals surface area contributed by atoms with E-state index in [1.165, 1.54) is 11.3 Å². The Balaban J connectivity index is 2.66. The number of thiophene rings is 1. The molecule has 1 rings (SSSR count). The lowest BCUT2D eigenvalue weighted by atomic mass is 10.2. The predicted molar refractivity (Wildman–Crippen MR) is 61.2 cm³/mol. The zero-order valence-corrected chi connectivity index (χ0v) is 10.4. The molecule has 0 aliphatic heterocycles. The number of amides is 1. The molecule has 0 aromatic carbocycles. The van der Waals surface area contributed by atoms with Crippen molar-refractivity contribution < 1.29 is 14.7 Å². The first kappa shape index (κ1) is 12.2. The van der Waals surface area contributed by atoms with Crippen LogP contribution in [0.25, 0.3) is 0 Å². The summed E-state index contributed by atoms with van der Waals surface area (Å²) in [7, 11) is 0. The number of carboxylic acid groups (broad SMARTS) is 1. The van der Waals surface area contributed by atoms with Gasteiger partial charge < -0.3 is 10.4 Å². The van der Waals surface area contributed by atoms with Gasteiger partial charge in [-0.2, -0.15) is 0 Å². The highest BCUT2D eigenvalue weighted by Gasteiger charge is 2.18. The first-order chi connectivity index (χ1) is 7.04. The van der Waals surface area contributed by atoms with Crippen LogP contribution in [0.1, 0.15) is 23.7 Å². The van der Waals surface area contributed by atoms with Gasteiger partial charge in [-0.05, 0) is 28.4 Å². The third-order valence-electron chi connectivity index (χ3n) is 1.84. The second-order valence-electron chi connectivity index (χ2n) is 2.91. The Morgan fingerprint density at radius 1 is 1.67 bits per heavy atom. The lowest BCUT2D eigenvalue weighted by molar-refractivity contribution is -0.139. The lowest BCUT2D eigenvalue weighted by Gasteiger charge is -2.10. The van der Waals surface area contributed by atoms with E-state index in [1.54, 1.807) is 18.4 Å². The minimum Gasteiger partial charge on any atom is -0.480 e. The van der Waals surface area contributed by atoms with Gasteiger partial charge in [0.25, 0.3) is 5.91 Å². The molecule has 0 saturated heterocycles. The summed E-state index contributed by atoms with van der Waals surface area (Å²) < 4.78 is 0.844. The summed E-state index contributed by atoms with van der Waals surface area (Å²) >= 11 is 4.62. The Bertz CT molecular complexity index is 377. The second-order valence-corrected chi connectivity index (χ2v) is 5.20. The van der Waals surface area contributed by atoms with Crippen LogP contribution in [0.2, 0.25) is 0 Å². The summed E-state index contributed by atoms with van der Waals surface area (Å²) in [5.41, 5.74) is 0.478. The summed E-state index contributed by atoms with van der Waals surface area (Å²) in [5.74, 6) is -1.37. The van der Waals surface area contributed by atoms with Gasteiger partial charge in [-0.1, -0.05) is 6.92 Å². The molecule has 15 heavy (non-hydrogen) atoms. The average molecular weight is 292 g/mol. The monoisotopic (exact) mass is 291 g/mol. The number of carboxylic acids is 1. The number of halogens is 1. The fraction of sp³-hybridized carbons (Fsp3) is 0.333. The van der Waals surface area contributed by atoms with Crippen LogP contribution >= 0.6 is 27.3 Å². The van der Waals surface area contributed by atoms with Gasteiger partial charge in [-0.25, -0.2) is 4.79 Å². The molecule has 0 fully saturated rings. The van der Waals surface area contributed by atoms with Crippen LogP contribution in [0.4, 0.5) is 0 Å². The van der Waals surface area contributed by atoms with Crippen molar-refractivity contribution in [1.29, 1.82) is 0 Å². The molecule has 6 heteroatoms. The molecular weight excluding hydrogens is 282 g/mol. The summed E-state index contributed by atoms with van der Waals surface area (Å²) in [6.07, 6.45) is 0.367. The molecular formula is C9H10BrNO3S. The molecule has 1 unspecified atom stereocenters. The summed E-state index contributed by atoms with van der Waals surface area (Å²) in [6, 6.07) is 0.838. The minimum absolute atomic E-state index is 0.355. The molecule has 1 amide bonds. The van der Waals surface area contributed by atoms with Crippen molar-refractivity contribution in [2.45, 2.75) is 19.4 Å². The number of carbonyl (C=O) groups is 2. The van der Waals surface area contributed by atoms with Crippen LogP contribution in [-0.2, 0) is 4.79 Å². The van der Waals surface area contributed by atoms with Crippen LogP contribution in [0.15, 0.2) is 15.2 Å². The normalized spacial score (nSPS) is 12.1. The van der Waals surface area contributed by atoms with Crippen molar-refractivity contribution in [1.82, 2.24) is 5.32 Å². The van der Waals surface area contributed by atoms with Gasteiger partial charge in [0.2, 0.25) is 0 Å². The molecule has 0 aliphatic carbocycles. The van der Waals surface area contributed by atoms with E-state index in [4.69, 9.17) is 5.11 Å². The van der Waals surface area contributed by atoms with Crippen molar-refractivity contribution in [3.8, 4) is 0 Å². The van der Waals surface area contributed by atoms with Gasteiger partial charge in [-0.3, -0.25) is 4.79 Å². The molecule has 1 atom stereocenters. The van der Waals surface area contributed by atoms with Crippen molar-refractivity contribution in [2.24, 2.45) is 0 Å². The zero-order valence-electron chi connectivity index (χ0n) is 7.99. The van der Waals surface area contributed by atoms with Gasteiger partial charge in [0.15, 0.2) is 0 Å². The molecule has 0 saturated carbocycles. The maximum Gasteiger partial charge on any atom is 0.326 e. The van der Waals surface area contributed by atoms with Gasteiger partial charge >= 0.3 is 5.97 Å². The average Bonchev–Trinajstić information content (AvgIpc) is 2.60. The van der Waals surface area contributed by atoms with Gasteiger partial charge in [-0.15, -0.1) is 11.3 Å². The molecule has 2 N–H and O–H groups in total. The van der Waals surface area contributed by atoms with Gasteiger partial charge in [0.1, 0.15) is 6.04 Å². The first-order valence-electron chi connectivity index (χ1n) is 4.32. The lowest BCUT2D eigenvalue weighted by Crippen LogP contribution is -2.40. The third kappa shape index (κ3) is 3.32. The minimum atomic E-state index is -1.01. The van der Waals surface area contributed by atoms with Crippen LogP contribution in [-0.4, -0.2) is 23.0 Å². The Labute approximate surface area is 99.4 Å². The molecule has 0 bridgehead atoms.